The monoisotopic (exact) mass is 253 g/mol. The molecule has 0 aliphatic carbocycles. The van der Waals surface area contributed by atoms with Crippen molar-refractivity contribution in [3.8, 4) is 0 Å². The summed E-state index contributed by atoms with van der Waals surface area (Å²) in [7, 11) is 0. The summed E-state index contributed by atoms with van der Waals surface area (Å²) in [5.41, 5.74) is 2.77. The Kier molecular flexibility index (Phi) is 3.31. The van der Waals surface area contributed by atoms with Crippen molar-refractivity contribution in [1.82, 2.24) is 5.43 Å². The molecule has 1 aromatic rings. The van der Waals surface area contributed by atoms with Crippen molar-refractivity contribution in [2.45, 2.75) is 6.42 Å². The number of benzene rings is 1. The number of hydrazine groups is 1. The second-order valence-corrected chi connectivity index (χ2v) is 4.33. The highest BCUT2D eigenvalue weighted by Crippen LogP contribution is 2.26. The van der Waals surface area contributed by atoms with E-state index in [-0.39, 0.29) is 18.2 Å². The van der Waals surface area contributed by atoms with Gasteiger partial charge in [-0.1, -0.05) is 17.7 Å². The molecule has 1 aliphatic rings. The lowest BCUT2D eigenvalue weighted by molar-refractivity contribution is -0.126. The summed E-state index contributed by atoms with van der Waals surface area (Å²) >= 11 is 5.86. The number of halogens is 1. The topological polar surface area (TPSA) is 75.4 Å². The van der Waals surface area contributed by atoms with Crippen LogP contribution in [-0.4, -0.2) is 18.4 Å². The SMILES string of the molecule is NNC(=O)[C@@H]1CC(=O)N(c2cccc(Cl)c2)C1. The highest BCUT2D eigenvalue weighted by molar-refractivity contribution is 6.30. The zero-order chi connectivity index (χ0) is 12.4. The molecule has 1 atom stereocenters. The number of nitrogens with zero attached hydrogens (tertiary/aromatic N) is 1. The molecule has 5 nitrogen and oxygen atoms in total. The van der Waals surface area contributed by atoms with Gasteiger partial charge in [-0.25, -0.2) is 5.84 Å². The number of hydrogen-bond acceptors (Lipinski definition) is 3. The maximum atomic E-state index is 11.8. The van der Waals surface area contributed by atoms with Gasteiger partial charge in [0.2, 0.25) is 11.8 Å². The van der Waals surface area contributed by atoms with Crippen LogP contribution in [0.15, 0.2) is 24.3 Å². The summed E-state index contributed by atoms with van der Waals surface area (Å²) in [6.45, 7) is 0.336. The van der Waals surface area contributed by atoms with Gasteiger partial charge in [0.25, 0.3) is 0 Å². The van der Waals surface area contributed by atoms with Crippen molar-refractivity contribution in [1.29, 1.82) is 0 Å². The number of nitrogens with one attached hydrogen (secondary N) is 1. The number of hydrogen-bond donors (Lipinski definition) is 2. The molecular formula is C11H12ClN3O2. The third-order valence-corrected chi connectivity index (χ3v) is 2.99. The lowest BCUT2D eigenvalue weighted by Gasteiger charge is -2.16. The van der Waals surface area contributed by atoms with E-state index in [2.05, 4.69) is 5.43 Å². The van der Waals surface area contributed by atoms with Gasteiger partial charge in [-0.3, -0.25) is 15.0 Å². The van der Waals surface area contributed by atoms with E-state index in [0.717, 1.165) is 0 Å². The predicted octanol–water partition coefficient (Wildman–Crippen LogP) is 0.683. The van der Waals surface area contributed by atoms with Crippen LogP contribution in [0.3, 0.4) is 0 Å². The van der Waals surface area contributed by atoms with E-state index >= 15 is 0 Å². The smallest absolute Gasteiger partial charge is 0.239 e. The number of anilines is 1. The van der Waals surface area contributed by atoms with Crippen molar-refractivity contribution < 1.29 is 9.59 Å². The zero-order valence-corrected chi connectivity index (χ0v) is 9.78. The molecule has 17 heavy (non-hydrogen) atoms. The summed E-state index contributed by atoms with van der Waals surface area (Å²) < 4.78 is 0. The molecular weight excluding hydrogens is 242 g/mol. The standard InChI is InChI=1S/C11H12ClN3O2/c12-8-2-1-3-9(5-8)15-6-7(4-10(15)16)11(17)14-13/h1-3,5,7H,4,6,13H2,(H,14,17)/t7-/m1/s1. The molecule has 0 spiro atoms. The molecule has 0 aromatic heterocycles. The first-order valence-electron chi connectivity index (χ1n) is 5.18. The number of carbonyl (C=O) groups excluding carboxylic acids is 2. The Morgan fingerprint density at radius 2 is 2.29 bits per heavy atom. The maximum absolute atomic E-state index is 11.8. The van der Waals surface area contributed by atoms with Crippen LogP contribution in [0.1, 0.15) is 6.42 Å². The first kappa shape index (κ1) is 11.9. The van der Waals surface area contributed by atoms with Crippen molar-refractivity contribution in [2.75, 3.05) is 11.4 Å². The Morgan fingerprint density at radius 3 is 2.94 bits per heavy atom. The third kappa shape index (κ3) is 2.40. The van der Waals surface area contributed by atoms with Gasteiger partial charge in [-0.15, -0.1) is 0 Å². The van der Waals surface area contributed by atoms with Crippen molar-refractivity contribution >= 4 is 29.1 Å². The second-order valence-electron chi connectivity index (χ2n) is 3.89. The third-order valence-electron chi connectivity index (χ3n) is 2.76. The number of nitrogens with two attached hydrogens (primary N) is 1. The van der Waals surface area contributed by atoms with Gasteiger partial charge in [-0.05, 0) is 18.2 Å². The first-order chi connectivity index (χ1) is 8.11. The Bertz CT molecular complexity index is 464. The first-order valence-corrected chi connectivity index (χ1v) is 5.56. The number of carbonyl (C=O) groups is 2. The number of rotatable bonds is 2. The van der Waals surface area contributed by atoms with Gasteiger partial charge in [0.15, 0.2) is 0 Å². The van der Waals surface area contributed by atoms with Gasteiger partial charge in [0.05, 0.1) is 5.92 Å². The molecule has 0 unspecified atom stereocenters. The van der Waals surface area contributed by atoms with Crippen LogP contribution < -0.4 is 16.2 Å². The Morgan fingerprint density at radius 1 is 1.53 bits per heavy atom. The summed E-state index contributed by atoms with van der Waals surface area (Å²) in [5.74, 6) is 4.25. The van der Waals surface area contributed by atoms with E-state index in [9.17, 15) is 9.59 Å². The molecule has 1 aliphatic heterocycles. The summed E-state index contributed by atoms with van der Waals surface area (Å²) in [6, 6.07) is 6.98. The van der Waals surface area contributed by atoms with Gasteiger partial charge >= 0.3 is 0 Å². The van der Waals surface area contributed by atoms with Crippen LogP contribution in [0.2, 0.25) is 5.02 Å². The molecule has 3 N–H and O–H groups in total. The predicted molar refractivity (Wildman–Crippen MR) is 64.2 cm³/mol. The highest BCUT2D eigenvalue weighted by Gasteiger charge is 2.34. The van der Waals surface area contributed by atoms with Crippen molar-refractivity contribution in [2.24, 2.45) is 11.8 Å². The molecule has 1 saturated heterocycles. The van der Waals surface area contributed by atoms with E-state index < -0.39 is 5.92 Å². The Balaban J connectivity index is 2.18. The molecule has 0 bridgehead atoms. The molecule has 90 valence electrons. The van der Waals surface area contributed by atoms with Gasteiger partial charge in [0, 0.05) is 23.7 Å². The average molecular weight is 254 g/mol. The number of amides is 2. The van der Waals surface area contributed by atoms with E-state index in [1.807, 2.05) is 0 Å². The molecule has 1 fully saturated rings. The fraction of sp³-hybridized carbons (Fsp3) is 0.273. The second kappa shape index (κ2) is 4.73. The minimum atomic E-state index is -0.397. The quantitative estimate of drug-likeness (QED) is 0.462. The van der Waals surface area contributed by atoms with Crippen LogP contribution in [-0.2, 0) is 9.59 Å². The lowest BCUT2D eigenvalue weighted by atomic mass is 10.1. The molecule has 2 amide bonds. The molecule has 6 heteroatoms. The van der Waals surface area contributed by atoms with Crippen molar-refractivity contribution in [3.05, 3.63) is 29.3 Å². The minimum absolute atomic E-state index is 0.0964. The van der Waals surface area contributed by atoms with Crippen LogP contribution in [0.5, 0.6) is 0 Å². The van der Waals surface area contributed by atoms with Crippen LogP contribution in [0.4, 0.5) is 5.69 Å². The van der Waals surface area contributed by atoms with Crippen LogP contribution >= 0.6 is 11.6 Å². The Labute approximate surface area is 103 Å². The zero-order valence-electron chi connectivity index (χ0n) is 9.02. The van der Waals surface area contributed by atoms with Crippen molar-refractivity contribution in [3.63, 3.8) is 0 Å². The minimum Gasteiger partial charge on any atom is -0.312 e. The molecule has 0 saturated carbocycles. The van der Waals surface area contributed by atoms with Gasteiger partial charge in [0.1, 0.15) is 0 Å². The molecule has 1 heterocycles. The van der Waals surface area contributed by atoms with E-state index in [1.54, 1.807) is 29.2 Å². The van der Waals surface area contributed by atoms with E-state index in [4.69, 9.17) is 17.4 Å². The fourth-order valence-corrected chi connectivity index (χ4v) is 2.08. The normalized spacial score (nSPS) is 19.5. The maximum Gasteiger partial charge on any atom is 0.239 e. The largest absolute Gasteiger partial charge is 0.312 e. The van der Waals surface area contributed by atoms with E-state index in [0.29, 0.717) is 17.3 Å². The van der Waals surface area contributed by atoms with Gasteiger partial charge in [-0.2, -0.15) is 0 Å². The lowest BCUT2D eigenvalue weighted by Crippen LogP contribution is -2.37. The summed E-state index contributed by atoms with van der Waals surface area (Å²) in [4.78, 5) is 24.7. The molecule has 1 aromatic carbocycles. The molecule has 2 rings (SSSR count). The Hall–Kier alpha value is -1.59. The van der Waals surface area contributed by atoms with Crippen LogP contribution in [0.25, 0.3) is 0 Å². The van der Waals surface area contributed by atoms with Crippen LogP contribution in [0, 0.1) is 5.92 Å². The summed E-state index contributed by atoms with van der Waals surface area (Å²) in [6.07, 6.45) is 0.176. The van der Waals surface area contributed by atoms with Gasteiger partial charge < -0.3 is 4.90 Å². The average Bonchev–Trinajstić information content (AvgIpc) is 2.70. The highest BCUT2D eigenvalue weighted by atomic mass is 35.5. The molecule has 0 radical (unpaired) electrons. The van der Waals surface area contributed by atoms with E-state index in [1.165, 1.54) is 0 Å². The summed E-state index contributed by atoms with van der Waals surface area (Å²) in [5, 5.41) is 0.557. The fourth-order valence-electron chi connectivity index (χ4n) is 1.89.